The van der Waals surface area contributed by atoms with Crippen molar-refractivity contribution in [1.29, 1.82) is 0 Å². The van der Waals surface area contributed by atoms with E-state index < -0.39 is 0 Å². The Balaban J connectivity index is 3.00. The highest BCUT2D eigenvalue weighted by Crippen LogP contribution is 2.13. The van der Waals surface area contributed by atoms with Crippen LogP contribution in [0.5, 0.6) is 0 Å². The van der Waals surface area contributed by atoms with Crippen molar-refractivity contribution in [3.63, 3.8) is 0 Å². The molecule has 0 amide bonds. The van der Waals surface area contributed by atoms with Crippen molar-refractivity contribution >= 4 is 0 Å². The van der Waals surface area contributed by atoms with E-state index >= 15 is 0 Å². The van der Waals surface area contributed by atoms with E-state index in [2.05, 4.69) is 13.8 Å². The summed E-state index contributed by atoms with van der Waals surface area (Å²) in [4.78, 5) is 0. The van der Waals surface area contributed by atoms with Crippen molar-refractivity contribution < 1.29 is 23.7 Å². The van der Waals surface area contributed by atoms with Gasteiger partial charge >= 0.3 is 0 Å². The fourth-order valence-corrected chi connectivity index (χ4v) is 3.98. The van der Waals surface area contributed by atoms with Gasteiger partial charge in [-0.1, -0.05) is 117 Å². The van der Waals surface area contributed by atoms with E-state index in [1.54, 1.807) is 0 Å². The van der Waals surface area contributed by atoms with Crippen LogP contribution in [0.25, 0.3) is 0 Å². The van der Waals surface area contributed by atoms with Crippen molar-refractivity contribution in [1.82, 2.24) is 0 Å². The fourth-order valence-electron chi connectivity index (χ4n) is 3.98. The molecule has 0 spiro atoms. The lowest BCUT2D eigenvalue weighted by Gasteiger charge is -2.08. The maximum Gasteiger partial charge on any atom is 0.0701 e. The summed E-state index contributed by atoms with van der Waals surface area (Å²) in [6, 6.07) is 0. The summed E-state index contributed by atoms with van der Waals surface area (Å²) >= 11 is 0. The summed E-state index contributed by atoms with van der Waals surface area (Å²) in [6.45, 7) is 11.2. The molecule has 0 fully saturated rings. The lowest BCUT2D eigenvalue weighted by molar-refractivity contribution is -0.0113. The smallest absolute Gasteiger partial charge is 0.0701 e. The van der Waals surface area contributed by atoms with Crippen LogP contribution < -0.4 is 0 Å². The van der Waals surface area contributed by atoms with Crippen molar-refractivity contribution in [2.24, 2.45) is 0 Å². The second-order valence-corrected chi connectivity index (χ2v) is 9.72. The molecule has 0 radical (unpaired) electrons. The van der Waals surface area contributed by atoms with Crippen LogP contribution in [0.15, 0.2) is 0 Å². The van der Waals surface area contributed by atoms with E-state index in [-0.39, 0.29) is 0 Å². The van der Waals surface area contributed by atoms with E-state index in [4.69, 9.17) is 23.7 Å². The summed E-state index contributed by atoms with van der Waals surface area (Å²) < 4.78 is 27.6. The first-order valence-corrected chi connectivity index (χ1v) is 15.3. The first-order chi connectivity index (χ1) is 17.4. The topological polar surface area (TPSA) is 46.2 Å². The van der Waals surface area contributed by atoms with Crippen LogP contribution in [-0.2, 0) is 23.7 Å². The minimum Gasteiger partial charge on any atom is -0.379 e. The van der Waals surface area contributed by atoms with E-state index in [1.165, 1.54) is 109 Å². The van der Waals surface area contributed by atoms with Gasteiger partial charge in [-0.25, -0.2) is 0 Å². The highest BCUT2D eigenvalue weighted by Gasteiger charge is 1.96. The van der Waals surface area contributed by atoms with E-state index in [0.717, 1.165) is 19.6 Å². The summed E-state index contributed by atoms with van der Waals surface area (Å²) in [5.74, 6) is 0. The minimum absolute atomic E-state index is 0.605. The zero-order valence-electron chi connectivity index (χ0n) is 23.8. The largest absolute Gasteiger partial charge is 0.379 e. The first-order valence-electron chi connectivity index (χ1n) is 15.3. The van der Waals surface area contributed by atoms with Crippen LogP contribution in [0.2, 0.25) is 0 Å². The molecule has 35 heavy (non-hydrogen) atoms. The molecule has 0 bridgehead atoms. The van der Waals surface area contributed by atoms with Crippen LogP contribution in [-0.4, -0.2) is 66.1 Å². The Kier molecular flexibility index (Phi) is 33.6. The molecule has 0 aliphatic carbocycles. The molecule has 0 N–H and O–H groups in total. The molecule has 0 atom stereocenters. The van der Waals surface area contributed by atoms with Crippen molar-refractivity contribution in [2.75, 3.05) is 66.1 Å². The molecule has 5 heteroatoms. The summed E-state index contributed by atoms with van der Waals surface area (Å²) in [6.07, 6.45) is 24.7. The highest BCUT2D eigenvalue weighted by atomic mass is 16.6. The Morgan fingerprint density at radius 3 is 0.771 bits per heavy atom. The van der Waals surface area contributed by atoms with Crippen LogP contribution in [0.1, 0.15) is 129 Å². The van der Waals surface area contributed by atoms with Gasteiger partial charge in [-0.15, -0.1) is 0 Å². The first kappa shape index (κ1) is 34.8. The molecular weight excluding hydrogens is 440 g/mol. The number of ether oxygens (including phenoxy) is 5. The van der Waals surface area contributed by atoms with Crippen LogP contribution in [0, 0.1) is 0 Å². The second kappa shape index (κ2) is 33.8. The monoisotopic (exact) mass is 502 g/mol. The van der Waals surface area contributed by atoms with Crippen molar-refractivity contribution in [3.8, 4) is 0 Å². The zero-order valence-corrected chi connectivity index (χ0v) is 23.8. The molecule has 0 rings (SSSR count). The zero-order chi connectivity index (χ0) is 25.3. The van der Waals surface area contributed by atoms with Gasteiger partial charge < -0.3 is 23.7 Å². The van der Waals surface area contributed by atoms with Gasteiger partial charge in [0.25, 0.3) is 0 Å². The Hall–Kier alpha value is -0.200. The Bertz CT molecular complexity index is 322. The number of hydrogen-bond donors (Lipinski definition) is 0. The summed E-state index contributed by atoms with van der Waals surface area (Å²) in [5.41, 5.74) is 0. The Labute approximate surface area is 219 Å². The molecule has 0 aliphatic heterocycles. The lowest BCUT2D eigenvalue weighted by atomic mass is 10.0. The van der Waals surface area contributed by atoms with Crippen LogP contribution in [0.4, 0.5) is 0 Å². The summed E-state index contributed by atoms with van der Waals surface area (Å²) in [7, 11) is 0. The summed E-state index contributed by atoms with van der Waals surface area (Å²) in [5, 5.41) is 0. The average Bonchev–Trinajstić information content (AvgIpc) is 2.87. The van der Waals surface area contributed by atoms with Gasteiger partial charge in [0.1, 0.15) is 0 Å². The molecule has 212 valence electrons. The molecule has 0 unspecified atom stereocenters. The number of rotatable bonds is 32. The maximum atomic E-state index is 5.66. The van der Waals surface area contributed by atoms with Gasteiger partial charge in [0.15, 0.2) is 0 Å². The molecule has 0 aromatic carbocycles. The SMILES string of the molecule is CCCCCCCCCCCCCCCCCCOCCOCCOCCOCCOCCCC. The third kappa shape index (κ3) is 33.8. The molecule has 0 heterocycles. The van der Waals surface area contributed by atoms with Gasteiger partial charge in [-0.2, -0.15) is 0 Å². The third-order valence-electron chi connectivity index (χ3n) is 6.27. The van der Waals surface area contributed by atoms with Gasteiger partial charge in [0.05, 0.1) is 52.9 Å². The second-order valence-electron chi connectivity index (χ2n) is 9.72. The average molecular weight is 503 g/mol. The molecule has 0 saturated heterocycles. The molecule has 5 nitrogen and oxygen atoms in total. The minimum atomic E-state index is 0.605. The molecule has 0 aliphatic rings. The highest BCUT2D eigenvalue weighted by molar-refractivity contribution is 4.50. The number of unbranched alkanes of at least 4 members (excludes halogenated alkanes) is 16. The Morgan fingerprint density at radius 1 is 0.229 bits per heavy atom. The fraction of sp³-hybridized carbons (Fsp3) is 1.00. The van der Waals surface area contributed by atoms with Crippen molar-refractivity contribution in [2.45, 2.75) is 129 Å². The number of hydrogen-bond acceptors (Lipinski definition) is 5. The van der Waals surface area contributed by atoms with Gasteiger partial charge in [0.2, 0.25) is 0 Å². The third-order valence-corrected chi connectivity index (χ3v) is 6.27. The predicted octanol–water partition coefficient (Wildman–Crippen LogP) is 8.13. The lowest BCUT2D eigenvalue weighted by Crippen LogP contribution is -2.13. The van der Waals surface area contributed by atoms with Gasteiger partial charge in [0, 0.05) is 13.2 Å². The maximum absolute atomic E-state index is 5.66. The van der Waals surface area contributed by atoms with E-state index in [9.17, 15) is 0 Å². The van der Waals surface area contributed by atoms with Gasteiger partial charge in [-0.3, -0.25) is 0 Å². The quantitative estimate of drug-likeness (QED) is 0.0869. The van der Waals surface area contributed by atoms with Gasteiger partial charge in [-0.05, 0) is 12.8 Å². The predicted molar refractivity (Wildman–Crippen MR) is 149 cm³/mol. The molecule has 0 aromatic rings. The van der Waals surface area contributed by atoms with Crippen LogP contribution >= 0.6 is 0 Å². The van der Waals surface area contributed by atoms with Crippen LogP contribution in [0.3, 0.4) is 0 Å². The molecular formula is C30H62O5. The Morgan fingerprint density at radius 2 is 0.457 bits per heavy atom. The van der Waals surface area contributed by atoms with Crippen molar-refractivity contribution in [3.05, 3.63) is 0 Å². The normalized spacial score (nSPS) is 11.5. The van der Waals surface area contributed by atoms with E-state index in [1.807, 2.05) is 0 Å². The molecule has 0 saturated carbocycles. The standard InChI is InChI=1S/C30H62O5/c1-3-5-7-8-9-10-11-12-13-14-15-16-17-18-19-20-22-32-24-26-34-28-30-35-29-27-33-25-23-31-21-6-4-2/h3-30H2,1-2H3. The molecule has 0 aromatic heterocycles. The van der Waals surface area contributed by atoms with E-state index in [0.29, 0.717) is 52.9 Å².